The van der Waals surface area contributed by atoms with E-state index in [1.165, 1.54) is 12.4 Å². The molecule has 102 valence electrons. The van der Waals surface area contributed by atoms with E-state index in [9.17, 15) is 4.39 Å². The van der Waals surface area contributed by atoms with E-state index in [2.05, 4.69) is 36.5 Å². The average molecular weight is 336 g/mol. The first kappa shape index (κ1) is 14.2. The Morgan fingerprint density at radius 1 is 1.25 bits per heavy atom. The van der Waals surface area contributed by atoms with Gasteiger partial charge in [0.2, 0.25) is 0 Å². The summed E-state index contributed by atoms with van der Waals surface area (Å²) in [6.07, 6.45) is 3.66. The highest BCUT2D eigenvalue weighted by atomic mass is 79.9. The van der Waals surface area contributed by atoms with Crippen LogP contribution in [0, 0.1) is 17.3 Å². The number of nitrogens with zero attached hydrogens (tertiary/aromatic N) is 3. The fraction of sp³-hybridized carbons (Fsp3) is 0.154. The molecule has 0 saturated carbocycles. The van der Waals surface area contributed by atoms with Crippen LogP contribution in [0.15, 0.2) is 35.1 Å². The van der Waals surface area contributed by atoms with Gasteiger partial charge in [-0.25, -0.2) is 14.4 Å². The molecule has 0 aliphatic carbocycles. The molecule has 1 heterocycles. The minimum atomic E-state index is -0.232. The Hall–Kier alpha value is -2.20. The summed E-state index contributed by atoms with van der Waals surface area (Å²) < 4.78 is 14.4. The third kappa shape index (κ3) is 3.90. The van der Waals surface area contributed by atoms with Gasteiger partial charge in [-0.05, 0) is 30.2 Å². The van der Waals surface area contributed by atoms with Gasteiger partial charge in [0.15, 0.2) is 6.19 Å². The smallest absolute Gasteiger partial charge is 0.182 e. The lowest BCUT2D eigenvalue weighted by Crippen LogP contribution is -2.08. The van der Waals surface area contributed by atoms with Gasteiger partial charge in [-0.15, -0.1) is 0 Å². The van der Waals surface area contributed by atoms with Gasteiger partial charge in [0.1, 0.15) is 23.8 Å². The summed E-state index contributed by atoms with van der Waals surface area (Å²) in [6, 6.07) is 6.45. The van der Waals surface area contributed by atoms with E-state index in [0.29, 0.717) is 30.2 Å². The number of aromatic nitrogens is 2. The molecule has 5 nitrogen and oxygen atoms in total. The van der Waals surface area contributed by atoms with E-state index in [4.69, 9.17) is 5.26 Å². The van der Waals surface area contributed by atoms with Crippen LogP contribution in [-0.2, 0) is 6.42 Å². The Bertz CT molecular complexity index is 641. The Morgan fingerprint density at radius 3 is 2.85 bits per heavy atom. The SMILES string of the molecule is N#CNc1cc(NCCc2cc(Br)ccc2F)ncn1. The van der Waals surface area contributed by atoms with Crippen LogP contribution >= 0.6 is 15.9 Å². The van der Waals surface area contributed by atoms with E-state index in [1.54, 1.807) is 24.4 Å². The molecule has 0 atom stereocenters. The van der Waals surface area contributed by atoms with Crippen LogP contribution in [0.4, 0.5) is 16.0 Å². The number of hydrogen-bond acceptors (Lipinski definition) is 5. The van der Waals surface area contributed by atoms with Gasteiger partial charge in [0, 0.05) is 17.1 Å². The molecule has 0 unspecified atom stereocenters. The average Bonchev–Trinajstić information content (AvgIpc) is 2.43. The lowest BCUT2D eigenvalue weighted by Gasteiger charge is -2.07. The molecule has 0 radical (unpaired) electrons. The second kappa shape index (κ2) is 6.82. The summed E-state index contributed by atoms with van der Waals surface area (Å²) in [5.41, 5.74) is 0.622. The van der Waals surface area contributed by atoms with Crippen molar-refractivity contribution >= 4 is 27.6 Å². The predicted octanol–water partition coefficient (Wildman–Crippen LogP) is 2.93. The van der Waals surface area contributed by atoms with Crippen LogP contribution in [0.2, 0.25) is 0 Å². The third-order valence-electron chi connectivity index (χ3n) is 2.56. The monoisotopic (exact) mass is 335 g/mol. The lowest BCUT2D eigenvalue weighted by molar-refractivity contribution is 0.610. The first-order chi connectivity index (χ1) is 9.69. The minimum Gasteiger partial charge on any atom is -0.370 e. The summed E-state index contributed by atoms with van der Waals surface area (Å²) >= 11 is 3.31. The zero-order valence-electron chi connectivity index (χ0n) is 10.4. The first-order valence-corrected chi connectivity index (χ1v) is 6.63. The Balaban J connectivity index is 1.94. The largest absolute Gasteiger partial charge is 0.370 e. The fourth-order valence-electron chi connectivity index (χ4n) is 1.64. The van der Waals surface area contributed by atoms with Gasteiger partial charge in [0.05, 0.1) is 0 Å². The minimum absolute atomic E-state index is 0.232. The maximum atomic E-state index is 13.5. The van der Waals surface area contributed by atoms with Crippen LogP contribution in [0.1, 0.15) is 5.56 Å². The fourth-order valence-corrected chi connectivity index (χ4v) is 2.05. The molecule has 20 heavy (non-hydrogen) atoms. The molecule has 0 aliphatic rings. The first-order valence-electron chi connectivity index (χ1n) is 5.84. The van der Waals surface area contributed by atoms with Gasteiger partial charge < -0.3 is 5.32 Å². The maximum absolute atomic E-state index is 13.5. The van der Waals surface area contributed by atoms with E-state index in [1.807, 2.05) is 0 Å². The van der Waals surface area contributed by atoms with Crippen LogP contribution < -0.4 is 10.6 Å². The number of rotatable bonds is 5. The van der Waals surface area contributed by atoms with Gasteiger partial charge in [-0.3, -0.25) is 5.32 Å². The second-order valence-corrected chi connectivity index (χ2v) is 4.85. The Labute approximate surface area is 124 Å². The molecule has 7 heteroatoms. The molecule has 0 amide bonds. The molecule has 1 aromatic carbocycles. The zero-order valence-corrected chi connectivity index (χ0v) is 12.0. The van der Waals surface area contributed by atoms with Crippen molar-refractivity contribution < 1.29 is 4.39 Å². The number of benzene rings is 1. The van der Waals surface area contributed by atoms with E-state index >= 15 is 0 Å². The topological polar surface area (TPSA) is 73.6 Å². The number of hydrogen-bond donors (Lipinski definition) is 2. The molecule has 0 saturated heterocycles. The third-order valence-corrected chi connectivity index (χ3v) is 3.05. The number of halogens is 2. The summed E-state index contributed by atoms with van der Waals surface area (Å²) in [7, 11) is 0. The molecule has 0 fully saturated rings. The van der Waals surface area contributed by atoms with Crippen LogP contribution in [0.5, 0.6) is 0 Å². The number of anilines is 2. The van der Waals surface area contributed by atoms with Gasteiger partial charge >= 0.3 is 0 Å². The van der Waals surface area contributed by atoms with Crippen molar-refractivity contribution in [3.63, 3.8) is 0 Å². The van der Waals surface area contributed by atoms with Crippen LogP contribution in [0.3, 0.4) is 0 Å². The normalized spacial score (nSPS) is 9.85. The van der Waals surface area contributed by atoms with E-state index in [-0.39, 0.29) is 5.82 Å². The number of nitriles is 1. The van der Waals surface area contributed by atoms with Crippen molar-refractivity contribution in [1.29, 1.82) is 5.26 Å². The quantitative estimate of drug-likeness (QED) is 0.649. The van der Waals surface area contributed by atoms with Crippen molar-refractivity contribution in [2.75, 3.05) is 17.2 Å². The highest BCUT2D eigenvalue weighted by Gasteiger charge is 2.03. The van der Waals surface area contributed by atoms with Gasteiger partial charge in [0.25, 0.3) is 0 Å². The zero-order chi connectivity index (χ0) is 14.4. The molecule has 0 bridgehead atoms. The summed E-state index contributed by atoms with van der Waals surface area (Å²) in [4.78, 5) is 7.89. The maximum Gasteiger partial charge on any atom is 0.182 e. The molecule has 0 aliphatic heterocycles. The molecule has 0 spiro atoms. The predicted molar refractivity (Wildman–Crippen MR) is 77.6 cm³/mol. The van der Waals surface area contributed by atoms with Crippen molar-refractivity contribution in [3.05, 3.63) is 46.4 Å². The second-order valence-electron chi connectivity index (χ2n) is 3.94. The van der Waals surface area contributed by atoms with E-state index in [0.717, 1.165) is 4.47 Å². The van der Waals surface area contributed by atoms with Gasteiger partial charge in [-0.2, -0.15) is 5.26 Å². The highest BCUT2D eigenvalue weighted by Crippen LogP contribution is 2.16. The Kier molecular flexibility index (Phi) is 4.85. The molecular formula is C13H11BrFN5. The lowest BCUT2D eigenvalue weighted by atomic mass is 10.1. The molecular weight excluding hydrogens is 325 g/mol. The van der Waals surface area contributed by atoms with Crippen LogP contribution in [0.25, 0.3) is 0 Å². The van der Waals surface area contributed by atoms with Gasteiger partial charge in [-0.1, -0.05) is 15.9 Å². The standard InChI is InChI=1S/C13H11BrFN5/c14-10-1-2-11(15)9(5-10)3-4-17-12-6-13(18-7-16)20-8-19-12/h1-2,5-6,8H,3-4H2,(H2,17,18,19,20). The highest BCUT2D eigenvalue weighted by molar-refractivity contribution is 9.10. The van der Waals surface area contributed by atoms with Crippen LogP contribution in [-0.4, -0.2) is 16.5 Å². The number of nitrogens with one attached hydrogen (secondary N) is 2. The molecule has 2 N–H and O–H groups in total. The van der Waals surface area contributed by atoms with Crippen molar-refractivity contribution in [1.82, 2.24) is 9.97 Å². The van der Waals surface area contributed by atoms with Crippen molar-refractivity contribution in [2.45, 2.75) is 6.42 Å². The molecule has 1 aromatic heterocycles. The molecule has 2 rings (SSSR count). The summed E-state index contributed by atoms with van der Waals surface area (Å²) in [5, 5.41) is 14.0. The molecule has 2 aromatic rings. The summed E-state index contributed by atoms with van der Waals surface area (Å²) in [6.45, 7) is 0.524. The Morgan fingerprint density at radius 2 is 2.05 bits per heavy atom. The van der Waals surface area contributed by atoms with E-state index < -0.39 is 0 Å². The van der Waals surface area contributed by atoms with Crippen molar-refractivity contribution in [2.24, 2.45) is 0 Å². The summed E-state index contributed by atoms with van der Waals surface area (Å²) in [5.74, 6) is 0.760. The van der Waals surface area contributed by atoms with Crippen molar-refractivity contribution in [3.8, 4) is 6.19 Å².